The van der Waals surface area contributed by atoms with E-state index in [-0.39, 0.29) is 6.54 Å². The Balaban J connectivity index is 2.95. The number of hydrogen-bond donors (Lipinski definition) is 3. The molecule has 94 valence electrons. The molecule has 0 heterocycles. The number of aldehydes is 1. The minimum Gasteiger partial charge on any atom is -0.496 e. The highest BCUT2D eigenvalue weighted by Gasteiger charge is 2.18. The van der Waals surface area contributed by atoms with Gasteiger partial charge in [0.2, 0.25) is 0 Å². The van der Waals surface area contributed by atoms with Gasteiger partial charge in [0.15, 0.2) is 6.29 Å². The Hall–Kier alpha value is -1.43. The molecule has 2 atom stereocenters. The van der Waals surface area contributed by atoms with Crippen molar-refractivity contribution in [3.63, 3.8) is 0 Å². The summed E-state index contributed by atoms with van der Waals surface area (Å²) in [5.74, 6) is 0.435. The van der Waals surface area contributed by atoms with Gasteiger partial charge in [-0.1, -0.05) is 6.07 Å². The average Bonchev–Trinajstić information content (AvgIpc) is 2.37. The Morgan fingerprint density at radius 3 is 2.71 bits per heavy atom. The van der Waals surface area contributed by atoms with Crippen LogP contribution in [0.15, 0.2) is 18.2 Å². The molecule has 0 bridgehead atoms. The summed E-state index contributed by atoms with van der Waals surface area (Å²) in [5.41, 5.74) is 6.10. The topological polar surface area (TPSA) is 92.8 Å². The maximum Gasteiger partial charge on any atom is 0.153 e. The third-order valence-corrected chi connectivity index (χ3v) is 2.55. The first-order chi connectivity index (χ1) is 8.13. The van der Waals surface area contributed by atoms with Crippen molar-refractivity contribution in [2.24, 2.45) is 5.73 Å². The zero-order valence-electron chi connectivity index (χ0n) is 9.67. The monoisotopic (exact) mass is 239 g/mol. The van der Waals surface area contributed by atoms with Crippen LogP contribution < -0.4 is 10.5 Å². The van der Waals surface area contributed by atoms with Crippen LogP contribution >= 0.6 is 0 Å². The maximum atomic E-state index is 10.8. The number of hydrogen-bond acceptors (Lipinski definition) is 5. The van der Waals surface area contributed by atoms with Crippen molar-refractivity contribution in [3.05, 3.63) is 29.3 Å². The van der Waals surface area contributed by atoms with Gasteiger partial charge in [0.05, 0.1) is 18.8 Å². The summed E-state index contributed by atoms with van der Waals surface area (Å²) in [5, 5.41) is 19.5. The molecule has 0 amide bonds. The van der Waals surface area contributed by atoms with Crippen LogP contribution in [0.4, 0.5) is 0 Å². The highest BCUT2D eigenvalue weighted by molar-refractivity contribution is 5.79. The van der Waals surface area contributed by atoms with Crippen LogP contribution in [0.1, 0.15) is 28.4 Å². The number of aliphatic hydroxyl groups excluding tert-OH is 2. The largest absolute Gasteiger partial charge is 0.496 e. The van der Waals surface area contributed by atoms with E-state index >= 15 is 0 Å². The summed E-state index contributed by atoms with van der Waals surface area (Å²) in [6, 6.07) is 4.68. The fourth-order valence-electron chi connectivity index (χ4n) is 1.58. The molecule has 5 heteroatoms. The number of nitrogens with two attached hydrogens (primary N) is 1. The number of methoxy groups -OCH3 is 1. The summed E-state index contributed by atoms with van der Waals surface area (Å²) in [4.78, 5) is 10.8. The van der Waals surface area contributed by atoms with Crippen LogP contribution in [-0.4, -0.2) is 36.3 Å². The summed E-state index contributed by atoms with van der Waals surface area (Å²) < 4.78 is 4.98. The van der Waals surface area contributed by atoms with Crippen molar-refractivity contribution < 1.29 is 19.7 Å². The Morgan fingerprint density at radius 2 is 2.18 bits per heavy atom. The van der Waals surface area contributed by atoms with E-state index in [0.29, 0.717) is 29.6 Å². The molecule has 1 aromatic rings. The molecule has 17 heavy (non-hydrogen) atoms. The molecule has 5 nitrogen and oxygen atoms in total. The van der Waals surface area contributed by atoms with Crippen molar-refractivity contribution in [2.75, 3.05) is 13.7 Å². The molecule has 4 N–H and O–H groups in total. The van der Waals surface area contributed by atoms with Gasteiger partial charge in [-0.3, -0.25) is 4.79 Å². The van der Waals surface area contributed by atoms with Gasteiger partial charge in [-0.05, 0) is 30.7 Å². The first-order valence-electron chi connectivity index (χ1n) is 5.33. The van der Waals surface area contributed by atoms with E-state index in [0.717, 1.165) is 0 Å². The number of carbonyl (C=O) groups excluding carboxylic acids is 1. The molecule has 0 spiro atoms. The van der Waals surface area contributed by atoms with Crippen molar-refractivity contribution >= 4 is 6.29 Å². The van der Waals surface area contributed by atoms with Gasteiger partial charge in [-0.15, -0.1) is 0 Å². The quantitative estimate of drug-likeness (QED) is 0.619. The average molecular weight is 239 g/mol. The highest BCUT2D eigenvalue weighted by atomic mass is 16.5. The fraction of sp³-hybridized carbons (Fsp3) is 0.417. The molecule has 0 saturated carbocycles. The number of ether oxygens (including phenoxy) is 1. The first-order valence-corrected chi connectivity index (χ1v) is 5.33. The Kier molecular flexibility index (Phi) is 5.09. The van der Waals surface area contributed by atoms with Crippen molar-refractivity contribution in [1.82, 2.24) is 0 Å². The van der Waals surface area contributed by atoms with Crippen LogP contribution in [-0.2, 0) is 0 Å². The lowest BCUT2D eigenvalue weighted by atomic mass is 10.00. The summed E-state index contributed by atoms with van der Waals surface area (Å²) in [6.07, 6.45) is -1.05. The molecule has 0 aliphatic rings. The standard InChI is InChI=1S/C12H17NO4/c1-17-11-3-2-8(6-9(11)7-14)12(16)10(15)4-5-13/h2-3,6-7,10,12,15-16H,4-5,13H2,1H3. The zero-order valence-corrected chi connectivity index (χ0v) is 9.67. The predicted octanol–water partition coefficient (Wildman–Crippen LogP) is 0.251. The lowest BCUT2D eigenvalue weighted by Gasteiger charge is -2.18. The van der Waals surface area contributed by atoms with E-state index in [4.69, 9.17) is 10.5 Å². The second-order valence-electron chi connectivity index (χ2n) is 3.71. The molecule has 0 fully saturated rings. The third-order valence-electron chi connectivity index (χ3n) is 2.55. The number of aliphatic hydroxyl groups is 2. The third kappa shape index (κ3) is 3.26. The molecular formula is C12H17NO4. The minimum atomic E-state index is -1.05. The number of carbonyl (C=O) groups is 1. The molecular weight excluding hydrogens is 222 g/mol. The van der Waals surface area contributed by atoms with Gasteiger partial charge < -0.3 is 20.7 Å². The molecule has 0 aliphatic heterocycles. The van der Waals surface area contributed by atoms with E-state index in [1.165, 1.54) is 13.2 Å². The molecule has 0 aliphatic carbocycles. The van der Waals surface area contributed by atoms with E-state index < -0.39 is 12.2 Å². The summed E-state index contributed by atoms with van der Waals surface area (Å²) >= 11 is 0. The lowest BCUT2D eigenvalue weighted by Crippen LogP contribution is -2.21. The lowest BCUT2D eigenvalue weighted by molar-refractivity contribution is 0.0150. The van der Waals surface area contributed by atoms with Crippen LogP contribution in [0.3, 0.4) is 0 Å². The van der Waals surface area contributed by atoms with Crippen LogP contribution in [0.2, 0.25) is 0 Å². The van der Waals surface area contributed by atoms with Gasteiger partial charge in [0, 0.05) is 0 Å². The molecule has 2 unspecified atom stereocenters. The fourth-order valence-corrected chi connectivity index (χ4v) is 1.58. The zero-order chi connectivity index (χ0) is 12.8. The summed E-state index contributed by atoms with van der Waals surface area (Å²) in [6.45, 7) is 0.287. The van der Waals surface area contributed by atoms with Gasteiger partial charge >= 0.3 is 0 Å². The van der Waals surface area contributed by atoms with Crippen molar-refractivity contribution in [1.29, 1.82) is 0 Å². The maximum absolute atomic E-state index is 10.8. The highest BCUT2D eigenvalue weighted by Crippen LogP contribution is 2.24. The van der Waals surface area contributed by atoms with Crippen molar-refractivity contribution in [3.8, 4) is 5.75 Å². The molecule has 0 aromatic heterocycles. The van der Waals surface area contributed by atoms with E-state index in [9.17, 15) is 15.0 Å². The molecule has 0 radical (unpaired) electrons. The second kappa shape index (κ2) is 6.34. The summed E-state index contributed by atoms with van der Waals surface area (Å²) in [7, 11) is 1.46. The van der Waals surface area contributed by atoms with Crippen LogP contribution in [0, 0.1) is 0 Å². The molecule has 0 saturated heterocycles. The second-order valence-corrected chi connectivity index (χ2v) is 3.71. The van der Waals surface area contributed by atoms with E-state index in [1.54, 1.807) is 12.1 Å². The van der Waals surface area contributed by atoms with Crippen LogP contribution in [0.5, 0.6) is 5.75 Å². The van der Waals surface area contributed by atoms with Gasteiger partial charge in [0.25, 0.3) is 0 Å². The number of rotatable bonds is 6. The van der Waals surface area contributed by atoms with Gasteiger partial charge in [-0.25, -0.2) is 0 Å². The predicted molar refractivity (Wildman–Crippen MR) is 63.0 cm³/mol. The van der Waals surface area contributed by atoms with E-state index in [2.05, 4.69) is 0 Å². The minimum absolute atomic E-state index is 0.287. The van der Waals surface area contributed by atoms with Crippen LogP contribution in [0.25, 0.3) is 0 Å². The number of benzene rings is 1. The van der Waals surface area contributed by atoms with Crippen molar-refractivity contribution in [2.45, 2.75) is 18.6 Å². The van der Waals surface area contributed by atoms with Gasteiger partial charge in [0.1, 0.15) is 11.9 Å². The first kappa shape index (κ1) is 13.6. The Labute approximate surface area is 99.8 Å². The Bertz CT molecular complexity index is 381. The molecule has 1 rings (SSSR count). The smallest absolute Gasteiger partial charge is 0.153 e. The normalized spacial score (nSPS) is 14.1. The van der Waals surface area contributed by atoms with E-state index in [1.807, 2.05) is 0 Å². The SMILES string of the molecule is COc1ccc(C(O)C(O)CCN)cc1C=O. The molecule has 1 aromatic carbocycles. The Morgan fingerprint density at radius 1 is 1.47 bits per heavy atom. The van der Waals surface area contributed by atoms with Gasteiger partial charge in [-0.2, -0.15) is 0 Å².